The van der Waals surface area contributed by atoms with E-state index in [2.05, 4.69) is 19.7 Å². The molecule has 0 bridgehead atoms. The molecule has 41 heavy (non-hydrogen) atoms. The van der Waals surface area contributed by atoms with Gasteiger partial charge in [0.25, 0.3) is 5.56 Å². The highest BCUT2D eigenvalue weighted by Crippen LogP contribution is 2.33. The number of anilines is 1. The number of aromatic amines is 1. The predicted octanol–water partition coefficient (Wildman–Crippen LogP) is 2.78. The number of fused-ring (bicyclic) bond motifs is 2. The van der Waals surface area contributed by atoms with E-state index in [0.717, 1.165) is 26.5 Å². The van der Waals surface area contributed by atoms with Crippen molar-refractivity contribution in [2.24, 2.45) is 7.05 Å². The molecule has 2 aromatic carbocycles. The van der Waals surface area contributed by atoms with Gasteiger partial charge in [-0.3, -0.25) is 23.6 Å². The molecule has 3 heterocycles. The molecule has 0 radical (unpaired) electrons. The maximum absolute atomic E-state index is 13.2. The molecule has 0 aliphatic rings. The fourth-order valence-electron chi connectivity index (χ4n) is 4.53. The first kappa shape index (κ1) is 27.9. The quantitative estimate of drug-likeness (QED) is 0.271. The van der Waals surface area contributed by atoms with Gasteiger partial charge in [0.15, 0.2) is 17.1 Å². The number of imidazole rings is 1. The fraction of sp³-hybridized carbons (Fsp3) is 0.286. The molecule has 0 atom stereocenters. The van der Waals surface area contributed by atoms with Crippen LogP contribution >= 0.6 is 0 Å². The highest BCUT2D eigenvalue weighted by molar-refractivity contribution is 7.93. The summed E-state index contributed by atoms with van der Waals surface area (Å²) in [4.78, 5) is 38.3. The van der Waals surface area contributed by atoms with E-state index in [1.54, 1.807) is 64.7 Å². The highest BCUT2D eigenvalue weighted by atomic mass is 32.2. The Morgan fingerprint density at radius 2 is 1.71 bits per heavy atom. The lowest BCUT2D eigenvalue weighted by atomic mass is 10.0. The number of hydrogen-bond acceptors (Lipinski definition) is 8. The number of nitrogens with zero attached hydrogens (tertiary/aromatic N) is 4. The Balaban J connectivity index is 1.52. The number of pyridine rings is 1. The maximum atomic E-state index is 13.2. The number of methoxy groups -OCH3 is 2. The molecule has 0 aliphatic heterocycles. The van der Waals surface area contributed by atoms with Crippen molar-refractivity contribution < 1.29 is 17.9 Å². The van der Waals surface area contributed by atoms with Gasteiger partial charge in [0.2, 0.25) is 10.0 Å². The van der Waals surface area contributed by atoms with Crippen molar-refractivity contribution >= 4 is 37.6 Å². The van der Waals surface area contributed by atoms with Crippen LogP contribution in [0.1, 0.15) is 30.8 Å². The first-order chi connectivity index (χ1) is 19.5. The van der Waals surface area contributed by atoms with E-state index in [4.69, 9.17) is 9.47 Å². The van der Waals surface area contributed by atoms with Crippen molar-refractivity contribution in [2.75, 3.05) is 18.9 Å². The van der Waals surface area contributed by atoms with Gasteiger partial charge in [0, 0.05) is 36.9 Å². The zero-order valence-electron chi connectivity index (χ0n) is 23.3. The van der Waals surface area contributed by atoms with Crippen LogP contribution in [0.15, 0.2) is 58.4 Å². The molecule has 0 saturated heterocycles. The minimum absolute atomic E-state index is 0.123. The van der Waals surface area contributed by atoms with Gasteiger partial charge in [-0.15, -0.1) is 0 Å². The Labute approximate surface area is 235 Å². The van der Waals surface area contributed by atoms with E-state index < -0.39 is 26.5 Å². The number of benzene rings is 2. The second-order valence-corrected chi connectivity index (χ2v) is 12.1. The molecule has 13 heteroatoms. The van der Waals surface area contributed by atoms with E-state index in [0.29, 0.717) is 29.4 Å². The van der Waals surface area contributed by atoms with Crippen LogP contribution in [0.4, 0.5) is 5.69 Å². The van der Waals surface area contributed by atoms with Gasteiger partial charge >= 0.3 is 5.69 Å². The van der Waals surface area contributed by atoms with E-state index in [1.165, 1.54) is 11.6 Å². The zero-order chi connectivity index (χ0) is 29.5. The van der Waals surface area contributed by atoms with Crippen LogP contribution in [0, 0.1) is 0 Å². The van der Waals surface area contributed by atoms with Crippen LogP contribution < -0.4 is 25.4 Å². The Morgan fingerprint density at radius 1 is 1.02 bits per heavy atom. The minimum Gasteiger partial charge on any atom is -0.493 e. The van der Waals surface area contributed by atoms with Crippen molar-refractivity contribution in [2.45, 2.75) is 32.1 Å². The molecular weight excluding hydrogens is 548 g/mol. The van der Waals surface area contributed by atoms with Crippen LogP contribution in [-0.4, -0.2) is 52.0 Å². The number of nitrogens with one attached hydrogen (secondary N) is 2. The number of H-pyrrole nitrogens is 1. The second-order valence-electron chi connectivity index (χ2n) is 9.91. The van der Waals surface area contributed by atoms with Crippen molar-refractivity contribution in [3.63, 3.8) is 0 Å². The smallest absolute Gasteiger partial charge is 0.332 e. The summed E-state index contributed by atoms with van der Waals surface area (Å²) in [6.07, 6.45) is 3.77. The van der Waals surface area contributed by atoms with Gasteiger partial charge < -0.3 is 14.5 Å². The summed E-state index contributed by atoms with van der Waals surface area (Å²) in [6.45, 7) is 3.31. The monoisotopic (exact) mass is 578 g/mol. The highest BCUT2D eigenvalue weighted by Gasteiger charge is 2.19. The molecule has 12 nitrogen and oxygen atoms in total. The topological polar surface area (TPSA) is 150 Å². The molecule has 0 spiro atoms. The SMILES string of the molecule is COc1cc2cncc(Cc3nc4c([nH]3)c(=O)n(C)c(=O)n4Cc3ccc(NS(=O)(=O)C(C)C)cc3)c2cc1OC. The number of hydrogen-bond donors (Lipinski definition) is 2. The number of ether oxygens (including phenoxy) is 2. The Kier molecular flexibility index (Phi) is 7.30. The van der Waals surface area contributed by atoms with Crippen molar-refractivity contribution in [3.05, 3.63) is 86.6 Å². The van der Waals surface area contributed by atoms with Crippen LogP contribution in [0.5, 0.6) is 11.5 Å². The van der Waals surface area contributed by atoms with E-state index in [-0.39, 0.29) is 17.7 Å². The number of rotatable bonds is 9. The van der Waals surface area contributed by atoms with Crippen molar-refractivity contribution in [1.82, 2.24) is 24.1 Å². The normalized spacial score (nSPS) is 11.9. The second kappa shape index (κ2) is 10.7. The summed E-state index contributed by atoms with van der Waals surface area (Å²) in [5, 5.41) is 1.16. The summed E-state index contributed by atoms with van der Waals surface area (Å²) >= 11 is 0. The molecule has 2 N–H and O–H groups in total. The van der Waals surface area contributed by atoms with Crippen LogP contribution in [0.3, 0.4) is 0 Å². The van der Waals surface area contributed by atoms with E-state index in [9.17, 15) is 18.0 Å². The molecule has 0 fully saturated rings. The third-order valence-corrected chi connectivity index (χ3v) is 8.67. The number of aromatic nitrogens is 5. The van der Waals surface area contributed by atoms with Crippen LogP contribution in [0.2, 0.25) is 0 Å². The van der Waals surface area contributed by atoms with Crippen molar-refractivity contribution in [3.8, 4) is 11.5 Å². The Hall–Kier alpha value is -4.65. The third-order valence-electron chi connectivity index (χ3n) is 6.90. The summed E-state index contributed by atoms with van der Waals surface area (Å²) in [7, 11) is 1.06. The van der Waals surface area contributed by atoms with Gasteiger partial charge in [-0.05, 0) is 54.6 Å². The molecular formula is C28H30N6O6S. The Bertz CT molecular complexity index is 1990. The van der Waals surface area contributed by atoms with Crippen molar-refractivity contribution in [1.29, 1.82) is 0 Å². The standard InChI is InChI=1S/C28H30N6O6S/c1-16(2)41(37,38)32-20-8-6-17(7-9-20)15-34-26-25(27(35)33(3)28(34)36)30-24(31-26)11-19-14-29-13-18-10-22(39-4)23(40-5)12-21(18)19/h6-10,12-14,16,32H,11,15H2,1-5H3,(H,30,31). The molecule has 5 rings (SSSR count). The van der Waals surface area contributed by atoms with E-state index in [1.807, 2.05) is 12.1 Å². The third kappa shape index (κ3) is 5.27. The molecule has 3 aromatic heterocycles. The largest absolute Gasteiger partial charge is 0.493 e. The molecule has 0 unspecified atom stereocenters. The lowest BCUT2D eigenvalue weighted by Gasteiger charge is -2.12. The lowest BCUT2D eigenvalue weighted by Crippen LogP contribution is -2.38. The summed E-state index contributed by atoms with van der Waals surface area (Å²) in [6, 6.07) is 10.4. The summed E-state index contributed by atoms with van der Waals surface area (Å²) in [5.74, 6) is 1.64. The zero-order valence-corrected chi connectivity index (χ0v) is 24.1. The molecule has 0 aliphatic carbocycles. The van der Waals surface area contributed by atoms with Gasteiger partial charge in [0.05, 0.1) is 26.0 Å². The molecule has 0 amide bonds. The van der Waals surface area contributed by atoms with Crippen LogP contribution in [-0.2, 0) is 30.0 Å². The Morgan fingerprint density at radius 3 is 2.37 bits per heavy atom. The predicted molar refractivity (Wildman–Crippen MR) is 156 cm³/mol. The molecule has 214 valence electrons. The average Bonchev–Trinajstić information content (AvgIpc) is 3.38. The summed E-state index contributed by atoms with van der Waals surface area (Å²) < 4.78 is 40.2. The first-order valence-corrected chi connectivity index (χ1v) is 14.3. The van der Waals surface area contributed by atoms with Gasteiger partial charge in [-0.25, -0.2) is 18.2 Å². The fourth-order valence-corrected chi connectivity index (χ4v) is 5.23. The molecule has 0 saturated carbocycles. The van der Waals surface area contributed by atoms with Gasteiger partial charge in [-0.2, -0.15) is 0 Å². The van der Waals surface area contributed by atoms with Gasteiger partial charge in [0.1, 0.15) is 11.3 Å². The van der Waals surface area contributed by atoms with Gasteiger partial charge in [-0.1, -0.05) is 12.1 Å². The maximum Gasteiger partial charge on any atom is 0.332 e. The summed E-state index contributed by atoms with van der Waals surface area (Å²) in [5.41, 5.74) is 1.41. The van der Waals surface area contributed by atoms with E-state index >= 15 is 0 Å². The van der Waals surface area contributed by atoms with Crippen LogP contribution in [0.25, 0.3) is 21.9 Å². The minimum atomic E-state index is -3.49. The first-order valence-electron chi connectivity index (χ1n) is 12.8. The average molecular weight is 579 g/mol. The lowest BCUT2D eigenvalue weighted by molar-refractivity contribution is 0.356. The number of sulfonamides is 1. The molecule has 5 aromatic rings.